The average molecular weight is 281 g/mol. The monoisotopic (exact) mass is 281 g/mol. The van der Waals surface area contributed by atoms with Gasteiger partial charge in [-0.3, -0.25) is 4.79 Å². The number of rotatable bonds is 13. The molecule has 0 aliphatic rings. The summed E-state index contributed by atoms with van der Waals surface area (Å²) in [5.41, 5.74) is 0. The molecule has 19 heavy (non-hydrogen) atoms. The van der Waals surface area contributed by atoms with Crippen LogP contribution in [0.2, 0.25) is 0 Å². The summed E-state index contributed by atoms with van der Waals surface area (Å²) in [4.78, 5) is 14.9. The van der Waals surface area contributed by atoms with Crippen LogP contribution < -0.4 is 35.5 Å². The molecule has 0 heterocycles. The zero-order valence-electron chi connectivity index (χ0n) is 14.1. The molecule has 0 atom stereocenters. The molecule has 0 radical (unpaired) electrons. The average Bonchev–Trinajstić information content (AvgIpc) is 2.39. The Hall–Kier alpha value is 0.430. The molecule has 110 valence electrons. The van der Waals surface area contributed by atoms with Crippen LogP contribution in [0.25, 0.3) is 0 Å². The van der Waals surface area contributed by atoms with E-state index in [1.807, 2.05) is 0 Å². The first-order valence-corrected chi connectivity index (χ1v) is 7.70. The molecule has 4 heteroatoms. The van der Waals surface area contributed by atoms with E-state index in [0.29, 0.717) is 6.42 Å². The van der Waals surface area contributed by atoms with Crippen molar-refractivity contribution in [3.05, 3.63) is 0 Å². The largest absolute Gasteiger partial charge is 1.00 e. The molecule has 0 bridgehead atoms. The number of hydrogen-bond donors (Lipinski definition) is 1. The Bertz CT molecular complexity index is 195. The third-order valence-electron chi connectivity index (χ3n) is 3.37. The second-order valence-electron chi connectivity index (χ2n) is 5.13. The molecule has 0 aliphatic heterocycles. The molecule has 0 rings (SSSR count). The summed E-state index contributed by atoms with van der Waals surface area (Å²) in [5.74, 6) is 4.47. The van der Waals surface area contributed by atoms with Crippen LogP contribution in [0.1, 0.15) is 91.8 Å². The van der Waals surface area contributed by atoms with Gasteiger partial charge in [-0.2, -0.15) is 5.90 Å². The summed E-state index contributed by atoms with van der Waals surface area (Å²) in [6.07, 6.45) is 16.1. The Labute approximate surface area is 142 Å². The quantitative estimate of drug-likeness (QED) is 0.317. The van der Waals surface area contributed by atoms with Crippen molar-refractivity contribution >= 4 is 5.97 Å². The van der Waals surface area contributed by atoms with Gasteiger partial charge in [-0.25, -0.2) is 0 Å². The molecule has 0 fully saturated rings. The van der Waals surface area contributed by atoms with E-state index in [-0.39, 0.29) is 37.0 Å². The van der Waals surface area contributed by atoms with Gasteiger partial charge in [0.2, 0.25) is 0 Å². The Balaban J connectivity index is -0.00000144. The summed E-state index contributed by atoms with van der Waals surface area (Å²) in [7, 11) is 0. The smallest absolute Gasteiger partial charge is 1.00 e. The van der Waals surface area contributed by atoms with E-state index >= 15 is 0 Å². The zero-order chi connectivity index (χ0) is 13.5. The number of carbonyl (C=O) groups is 1. The van der Waals surface area contributed by atoms with Crippen molar-refractivity contribution in [2.24, 2.45) is 5.90 Å². The van der Waals surface area contributed by atoms with Crippen LogP contribution in [-0.2, 0) is 9.63 Å². The van der Waals surface area contributed by atoms with Gasteiger partial charge in [-0.1, -0.05) is 77.6 Å². The number of hydrogen-bond acceptors (Lipinski definition) is 3. The predicted molar refractivity (Wildman–Crippen MR) is 77.1 cm³/mol. The third kappa shape index (κ3) is 18.4. The molecule has 0 spiro atoms. The summed E-state index contributed by atoms with van der Waals surface area (Å²) in [6, 6.07) is 0. The van der Waals surface area contributed by atoms with E-state index in [1.165, 1.54) is 64.2 Å². The second kappa shape index (κ2) is 18.4. The first-order chi connectivity index (χ1) is 8.81. The molecule has 0 aromatic heterocycles. The summed E-state index contributed by atoms with van der Waals surface area (Å²) in [5, 5.41) is 0. The van der Waals surface area contributed by atoms with Gasteiger partial charge in [-0.05, 0) is 6.42 Å². The molecule has 0 saturated heterocycles. The molecule has 0 aromatic rings. The third-order valence-corrected chi connectivity index (χ3v) is 3.37. The van der Waals surface area contributed by atoms with E-state index in [0.717, 1.165) is 12.8 Å². The van der Waals surface area contributed by atoms with Gasteiger partial charge in [0.1, 0.15) is 0 Å². The fraction of sp³-hybridized carbons (Fsp3) is 0.933. The van der Waals surface area contributed by atoms with Crippen LogP contribution in [0.4, 0.5) is 0 Å². The van der Waals surface area contributed by atoms with Gasteiger partial charge in [0.25, 0.3) is 0 Å². The van der Waals surface area contributed by atoms with Gasteiger partial charge in [0.15, 0.2) is 0 Å². The maximum absolute atomic E-state index is 10.7. The standard InChI is InChI=1S/C15H31NO2.Na.H/c1-2-3-4-5-6-7-8-9-10-11-12-13-14-15(17)18-16;;/h2-14,16H2,1H3;;/q;+1;-1. The molecular weight excluding hydrogens is 249 g/mol. The maximum Gasteiger partial charge on any atom is 1.00 e. The number of nitrogens with two attached hydrogens (primary N) is 1. The topological polar surface area (TPSA) is 52.3 Å². The molecule has 0 saturated carbocycles. The molecule has 0 aliphatic carbocycles. The van der Waals surface area contributed by atoms with E-state index in [2.05, 4.69) is 11.8 Å². The van der Waals surface area contributed by atoms with Gasteiger partial charge in [0, 0.05) is 6.42 Å². The molecule has 2 N–H and O–H groups in total. The van der Waals surface area contributed by atoms with E-state index in [1.54, 1.807) is 0 Å². The van der Waals surface area contributed by atoms with Crippen molar-refractivity contribution < 1.29 is 40.6 Å². The van der Waals surface area contributed by atoms with Crippen molar-refractivity contribution in [3.8, 4) is 0 Å². The molecule has 3 nitrogen and oxygen atoms in total. The van der Waals surface area contributed by atoms with E-state index in [9.17, 15) is 4.79 Å². The van der Waals surface area contributed by atoms with Crippen LogP contribution in [0, 0.1) is 0 Å². The maximum atomic E-state index is 10.7. The number of carbonyl (C=O) groups excluding carboxylic acids is 1. The van der Waals surface area contributed by atoms with Crippen molar-refractivity contribution in [3.63, 3.8) is 0 Å². The summed E-state index contributed by atoms with van der Waals surface area (Å²) in [6.45, 7) is 2.26. The summed E-state index contributed by atoms with van der Waals surface area (Å²) < 4.78 is 0. The van der Waals surface area contributed by atoms with Gasteiger partial charge < -0.3 is 6.26 Å². The molecule has 0 amide bonds. The Kier molecular flexibility index (Phi) is 21.1. The van der Waals surface area contributed by atoms with Crippen LogP contribution in [-0.4, -0.2) is 5.97 Å². The van der Waals surface area contributed by atoms with Gasteiger partial charge in [-0.15, -0.1) is 0 Å². The first kappa shape index (κ1) is 21.7. The van der Waals surface area contributed by atoms with Gasteiger partial charge in [0.05, 0.1) is 0 Å². The molecule has 0 aromatic carbocycles. The minimum atomic E-state index is -0.290. The van der Waals surface area contributed by atoms with Crippen LogP contribution in [0.5, 0.6) is 0 Å². The van der Waals surface area contributed by atoms with E-state index in [4.69, 9.17) is 5.90 Å². The fourth-order valence-electron chi connectivity index (χ4n) is 2.17. The first-order valence-electron chi connectivity index (χ1n) is 7.70. The predicted octanol–water partition coefficient (Wildman–Crippen LogP) is 1.61. The van der Waals surface area contributed by atoms with Crippen LogP contribution in [0.3, 0.4) is 0 Å². The van der Waals surface area contributed by atoms with Crippen molar-refractivity contribution in [1.29, 1.82) is 0 Å². The summed E-state index contributed by atoms with van der Waals surface area (Å²) >= 11 is 0. The normalized spacial score (nSPS) is 10.0. The minimum absolute atomic E-state index is 0. The fourth-order valence-corrected chi connectivity index (χ4v) is 2.17. The van der Waals surface area contributed by atoms with Crippen LogP contribution >= 0.6 is 0 Å². The zero-order valence-corrected chi connectivity index (χ0v) is 15.1. The second-order valence-corrected chi connectivity index (χ2v) is 5.13. The SMILES string of the molecule is CCCCCCCCCCCCCCC(=O)ON.[H-].[Na+]. The van der Waals surface area contributed by atoms with Crippen molar-refractivity contribution in [2.75, 3.05) is 0 Å². The Morgan fingerprint density at radius 3 is 1.58 bits per heavy atom. The minimum Gasteiger partial charge on any atom is -1.00 e. The molecule has 0 unspecified atom stereocenters. The Morgan fingerprint density at radius 2 is 1.21 bits per heavy atom. The van der Waals surface area contributed by atoms with Crippen LogP contribution in [0.15, 0.2) is 0 Å². The van der Waals surface area contributed by atoms with Gasteiger partial charge >= 0.3 is 35.5 Å². The Morgan fingerprint density at radius 1 is 0.842 bits per heavy atom. The van der Waals surface area contributed by atoms with Crippen molar-refractivity contribution in [2.45, 2.75) is 90.4 Å². The van der Waals surface area contributed by atoms with Crippen molar-refractivity contribution in [1.82, 2.24) is 0 Å². The number of unbranched alkanes of at least 4 members (excludes halogenated alkanes) is 11. The molecular formula is C15H32NNaO2. The van der Waals surface area contributed by atoms with E-state index < -0.39 is 0 Å².